The molecule has 7 heteroatoms. The van der Waals surface area contributed by atoms with Crippen molar-refractivity contribution in [3.05, 3.63) is 100.0 Å². The van der Waals surface area contributed by atoms with E-state index in [0.717, 1.165) is 28.5 Å². The molecule has 0 amide bonds. The van der Waals surface area contributed by atoms with Gasteiger partial charge >= 0.3 is 5.97 Å². The number of carboxylic acid groups (broad SMARTS) is 1. The quantitative estimate of drug-likeness (QED) is 0.319. The molecule has 5 nitrogen and oxygen atoms in total. The SMILES string of the molecule is COc1ccc2c(CNCCc3ccccc3Cl)c(C(=O)O)n(Cc3ccc(F)cc3)c2c1. The Morgan fingerprint density at radius 1 is 1.12 bits per heavy atom. The normalized spacial score (nSPS) is 11.1. The molecule has 3 aromatic carbocycles. The predicted octanol–water partition coefficient (Wildman–Crippen LogP) is 5.52. The molecular weight excluding hydrogens is 443 g/mol. The third-order valence-electron chi connectivity index (χ3n) is 5.66. The van der Waals surface area contributed by atoms with E-state index in [1.54, 1.807) is 23.8 Å². The van der Waals surface area contributed by atoms with E-state index < -0.39 is 5.97 Å². The number of aromatic nitrogens is 1. The van der Waals surface area contributed by atoms with Crippen molar-refractivity contribution in [2.75, 3.05) is 13.7 Å². The molecule has 1 aromatic heterocycles. The Labute approximate surface area is 196 Å². The molecule has 4 aromatic rings. The summed E-state index contributed by atoms with van der Waals surface area (Å²) in [5.74, 6) is -0.717. The summed E-state index contributed by atoms with van der Waals surface area (Å²) in [6.07, 6.45) is 0.726. The third-order valence-corrected chi connectivity index (χ3v) is 6.03. The minimum Gasteiger partial charge on any atom is -0.497 e. The molecule has 0 unspecified atom stereocenters. The summed E-state index contributed by atoms with van der Waals surface area (Å²) in [4.78, 5) is 12.4. The molecule has 0 fully saturated rings. The average molecular weight is 467 g/mol. The van der Waals surface area contributed by atoms with Crippen LogP contribution in [0.1, 0.15) is 27.2 Å². The first-order valence-corrected chi connectivity index (χ1v) is 11.0. The van der Waals surface area contributed by atoms with E-state index in [2.05, 4.69) is 5.32 Å². The number of halogens is 2. The van der Waals surface area contributed by atoms with Gasteiger partial charge in [-0.1, -0.05) is 41.9 Å². The lowest BCUT2D eigenvalue weighted by atomic mass is 10.1. The van der Waals surface area contributed by atoms with Gasteiger partial charge < -0.3 is 19.7 Å². The molecular formula is C26H24ClFN2O3. The smallest absolute Gasteiger partial charge is 0.352 e. The molecule has 0 atom stereocenters. The number of ether oxygens (including phenoxy) is 1. The van der Waals surface area contributed by atoms with Crippen LogP contribution >= 0.6 is 11.6 Å². The summed E-state index contributed by atoms with van der Waals surface area (Å²) in [7, 11) is 1.57. The fraction of sp³-hybridized carbons (Fsp3) is 0.192. The minimum atomic E-state index is -1.02. The van der Waals surface area contributed by atoms with E-state index in [9.17, 15) is 14.3 Å². The van der Waals surface area contributed by atoms with Crippen LogP contribution in [0.5, 0.6) is 5.75 Å². The third kappa shape index (κ3) is 5.02. The first-order valence-electron chi connectivity index (χ1n) is 10.6. The Kier molecular flexibility index (Phi) is 6.96. The number of fused-ring (bicyclic) bond motifs is 1. The van der Waals surface area contributed by atoms with Gasteiger partial charge in [0.15, 0.2) is 0 Å². The number of rotatable bonds is 9. The second-order valence-electron chi connectivity index (χ2n) is 7.75. The Morgan fingerprint density at radius 3 is 2.58 bits per heavy atom. The Morgan fingerprint density at radius 2 is 1.88 bits per heavy atom. The van der Waals surface area contributed by atoms with Crippen molar-refractivity contribution in [2.45, 2.75) is 19.5 Å². The molecule has 0 aliphatic heterocycles. The highest BCUT2D eigenvalue weighted by atomic mass is 35.5. The topological polar surface area (TPSA) is 63.5 Å². The van der Waals surface area contributed by atoms with Gasteiger partial charge in [0.2, 0.25) is 0 Å². The summed E-state index contributed by atoms with van der Waals surface area (Å²) in [5, 5.41) is 15.0. The van der Waals surface area contributed by atoms with Crippen LogP contribution in [0.15, 0.2) is 66.7 Å². The monoisotopic (exact) mass is 466 g/mol. The van der Waals surface area contributed by atoms with Crippen molar-refractivity contribution in [3.8, 4) is 5.75 Å². The first kappa shape index (κ1) is 22.8. The molecule has 170 valence electrons. The number of carboxylic acids is 1. The highest BCUT2D eigenvalue weighted by molar-refractivity contribution is 6.31. The van der Waals surface area contributed by atoms with Crippen LogP contribution in [-0.4, -0.2) is 29.3 Å². The number of hydrogen-bond donors (Lipinski definition) is 2. The maximum absolute atomic E-state index is 13.4. The number of aromatic carboxylic acids is 1. The fourth-order valence-electron chi connectivity index (χ4n) is 4.03. The molecule has 4 rings (SSSR count). The predicted molar refractivity (Wildman–Crippen MR) is 128 cm³/mol. The van der Waals surface area contributed by atoms with Gasteiger partial charge in [-0.2, -0.15) is 0 Å². The number of methoxy groups -OCH3 is 1. The largest absolute Gasteiger partial charge is 0.497 e. The summed E-state index contributed by atoms with van der Waals surface area (Å²) in [5.41, 5.74) is 3.48. The van der Waals surface area contributed by atoms with E-state index >= 15 is 0 Å². The lowest BCUT2D eigenvalue weighted by molar-refractivity contribution is 0.0684. The van der Waals surface area contributed by atoms with Crippen molar-refractivity contribution in [1.29, 1.82) is 0 Å². The summed E-state index contributed by atoms with van der Waals surface area (Å²) >= 11 is 6.24. The van der Waals surface area contributed by atoms with E-state index in [-0.39, 0.29) is 11.5 Å². The Bertz CT molecular complexity index is 1280. The molecule has 33 heavy (non-hydrogen) atoms. The molecule has 0 aliphatic rings. The second kappa shape index (κ2) is 10.1. The van der Waals surface area contributed by atoms with Gasteiger partial charge in [-0.05, 0) is 54.4 Å². The Balaban J connectivity index is 1.67. The summed E-state index contributed by atoms with van der Waals surface area (Å²) in [6, 6.07) is 19.3. The molecule has 0 spiro atoms. The molecule has 0 saturated heterocycles. The molecule has 1 heterocycles. The zero-order chi connectivity index (χ0) is 23.4. The first-order chi connectivity index (χ1) is 16.0. The lowest BCUT2D eigenvalue weighted by Gasteiger charge is -2.10. The van der Waals surface area contributed by atoms with Crippen LogP contribution in [0.3, 0.4) is 0 Å². The van der Waals surface area contributed by atoms with E-state index in [4.69, 9.17) is 16.3 Å². The maximum atomic E-state index is 13.4. The van der Waals surface area contributed by atoms with Gasteiger partial charge in [0.05, 0.1) is 12.6 Å². The van der Waals surface area contributed by atoms with Crippen molar-refractivity contribution in [1.82, 2.24) is 9.88 Å². The molecule has 0 radical (unpaired) electrons. The number of carbonyl (C=O) groups is 1. The van der Waals surface area contributed by atoms with E-state index in [0.29, 0.717) is 36.0 Å². The Hall–Kier alpha value is -3.35. The van der Waals surface area contributed by atoms with Crippen molar-refractivity contribution in [3.63, 3.8) is 0 Å². The summed E-state index contributed by atoms with van der Waals surface area (Å²) in [6.45, 7) is 1.32. The van der Waals surface area contributed by atoms with Gasteiger partial charge in [0.1, 0.15) is 17.3 Å². The van der Waals surface area contributed by atoms with Gasteiger partial charge in [-0.3, -0.25) is 0 Å². The van der Waals surface area contributed by atoms with Gasteiger partial charge in [0, 0.05) is 35.1 Å². The van der Waals surface area contributed by atoms with Crippen LogP contribution in [-0.2, 0) is 19.5 Å². The van der Waals surface area contributed by atoms with Crippen LogP contribution in [0.25, 0.3) is 10.9 Å². The van der Waals surface area contributed by atoms with Crippen molar-refractivity contribution in [2.24, 2.45) is 0 Å². The van der Waals surface area contributed by atoms with Crippen LogP contribution in [0.2, 0.25) is 5.02 Å². The second-order valence-corrected chi connectivity index (χ2v) is 8.15. The fourth-order valence-corrected chi connectivity index (χ4v) is 4.26. The average Bonchev–Trinajstić information content (AvgIpc) is 3.12. The molecule has 0 saturated carbocycles. The van der Waals surface area contributed by atoms with Crippen molar-refractivity contribution >= 4 is 28.5 Å². The number of hydrogen-bond acceptors (Lipinski definition) is 3. The summed E-state index contributed by atoms with van der Waals surface area (Å²) < 4.78 is 20.5. The van der Waals surface area contributed by atoms with Gasteiger partial charge in [0.25, 0.3) is 0 Å². The highest BCUT2D eigenvalue weighted by Gasteiger charge is 2.23. The number of nitrogens with zero attached hydrogens (tertiary/aromatic N) is 1. The van der Waals surface area contributed by atoms with Crippen LogP contribution in [0, 0.1) is 5.82 Å². The molecule has 0 aliphatic carbocycles. The number of nitrogens with one attached hydrogen (secondary N) is 1. The van der Waals surface area contributed by atoms with E-state index in [1.165, 1.54) is 12.1 Å². The highest BCUT2D eigenvalue weighted by Crippen LogP contribution is 2.31. The minimum absolute atomic E-state index is 0.202. The standard InChI is InChI=1S/C26H24ClFN2O3/c1-33-20-10-11-21-22(15-29-13-12-18-4-2-3-5-23(18)27)25(26(31)32)30(24(21)14-20)16-17-6-8-19(28)9-7-17/h2-11,14,29H,12-13,15-16H2,1H3,(H,31,32). The molecule has 2 N–H and O–H groups in total. The van der Waals surface area contributed by atoms with Gasteiger partial charge in [-0.15, -0.1) is 0 Å². The molecule has 0 bridgehead atoms. The van der Waals surface area contributed by atoms with Gasteiger partial charge in [-0.25, -0.2) is 9.18 Å². The maximum Gasteiger partial charge on any atom is 0.352 e. The lowest BCUT2D eigenvalue weighted by Crippen LogP contribution is -2.19. The van der Waals surface area contributed by atoms with Crippen molar-refractivity contribution < 1.29 is 19.0 Å². The van der Waals surface area contributed by atoms with E-state index in [1.807, 2.05) is 42.5 Å². The van der Waals surface area contributed by atoms with Crippen LogP contribution < -0.4 is 10.1 Å². The number of benzene rings is 3. The zero-order valence-corrected chi connectivity index (χ0v) is 18.9. The van der Waals surface area contributed by atoms with Crippen LogP contribution in [0.4, 0.5) is 4.39 Å². The zero-order valence-electron chi connectivity index (χ0n) is 18.1.